The van der Waals surface area contributed by atoms with E-state index in [0.29, 0.717) is 6.42 Å². The molecular weight excluding hydrogens is 508 g/mol. The quantitative estimate of drug-likeness (QED) is 0.160. The lowest BCUT2D eigenvalue weighted by Gasteiger charge is -2.69. The lowest BCUT2D eigenvalue weighted by atomic mass is 9.37. The van der Waals surface area contributed by atoms with Crippen LogP contribution in [0, 0.1) is 39.4 Å². The number of epoxide rings is 1. The van der Waals surface area contributed by atoms with Gasteiger partial charge in [-0.1, -0.05) is 38.8 Å². The van der Waals surface area contributed by atoms with Crippen LogP contribution >= 0.6 is 0 Å². The summed E-state index contributed by atoms with van der Waals surface area (Å²) in [5.74, 6) is -0.215. The van der Waals surface area contributed by atoms with Crippen LogP contribution in [0.15, 0.2) is 11.1 Å². The van der Waals surface area contributed by atoms with Crippen molar-refractivity contribution in [2.45, 2.75) is 131 Å². The topological polar surface area (TPSA) is 91.4 Å². The Balaban J connectivity index is 1.51. The van der Waals surface area contributed by atoms with E-state index in [0.717, 1.165) is 38.5 Å². The number of methoxy groups -OCH3 is 1. The van der Waals surface area contributed by atoms with Gasteiger partial charge in [0.1, 0.15) is 18.3 Å². The molecule has 224 valence electrons. The van der Waals surface area contributed by atoms with Gasteiger partial charge in [-0.15, -0.1) is 0 Å². The minimum atomic E-state index is -0.691. The van der Waals surface area contributed by atoms with Crippen molar-refractivity contribution in [1.82, 2.24) is 0 Å². The number of carbonyl (C=O) groups is 3. The van der Waals surface area contributed by atoms with Crippen LogP contribution in [0.1, 0.15) is 107 Å². The van der Waals surface area contributed by atoms with Gasteiger partial charge in [-0.3, -0.25) is 14.4 Å². The summed E-state index contributed by atoms with van der Waals surface area (Å²) < 4.78 is 23.1. The molecule has 2 saturated carbocycles. The maximum atomic E-state index is 13.2. The first kappa shape index (κ1) is 29.6. The fraction of sp³-hybridized carbons (Fsp3) is 0.848. The van der Waals surface area contributed by atoms with E-state index in [-0.39, 0.29) is 75.8 Å². The van der Waals surface area contributed by atoms with E-state index in [1.165, 1.54) is 25.2 Å². The van der Waals surface area contributed by atoms with Crippen LogP contribution in [0.2, 0.25) is 0 Å². The Morgan fingerprint density at radius 1 is 1.12 bits per heavy atom. The average molecular weight is 559 g/mol. The van der Waals surface area contributed by atoms with Gasteiger partial charge in [-0.05, 0) is 87.9 Å². The van der Waals surface area contributed by atoms with Gasteiger partial charge in [-0.2, -0.15) is 0 Å². The third-order valence-corrected chi connectivity index (χ3v) is 12.4. The molecule has 0 bridgehead atoms. The molecule has 0 N–H and O–H groups in total. The Hall–Kier alpha value is -1.89. The highest BCUT2D eigenvalue weighted by molar-refractivity contribution is 5.77. The van der Waals surface area contributed by atoms with E-state index in [2.05, 4.69) is 27.7 Å². The Bertz CT molecular complexity index is 1140. The normalized spacial score (nSPS) is 41.3. The molecule has 2 aliphatic heterocycles. The summed E-state index contributed by atoms with van der Waals surface area (Å²) in [4.78, 5) is 38.1. The van der Waals surface area contributed by atoms with Crippen molar-refractivity contribution in [3.8, 4) is 0 Å². The zero-order valence-corrected chi connectivity index (χ0v) is 26.3. The second kappa shape index (κ2) is 9.31. The predicted molar refractivity (Wildman–Crippen MR) is 150 cm³/mol. The maximum absolute atomic E-state index is 13.2. The lowest BCUT2D eigenvalue weighted by Crippen LogP contribution is -2.67. The van der Waals surface area contributed by atoms with Crippen LogP contribution < -0.4 is 0 Å². The molecule has 3 aliphatic carbocycles. The van der Waals surface area contributed by atoms with Crippen LogP contribution in [-0.4, -0.2) is 48.9 Å². The molecule has 5 rings (SSSR count). The number of rotatable bonds is 7. The van der Waals surface area contributed by atoms with E-state index in [9.17, 15) is 14.4 Å². The molecule has 4 fully saturated rings. The van der Waals surface area contributed by atoms with Crippen LogP contribution in [0.5, 0.6) is 0 Å². The molecule has 0 aromatic carbocycles. The van der Waals surface area contributed by atoms with Gasteiger partial charge in [-0.25, -0.2) is 0 Å². The van der Waals surface area contributed by atoms with E-state index < -0.39 is 5.41 Å². The van der Waals surface area contributed by atoms with Crippen molar-refractivity contribution in [2.75, 3.05) is 7.11 Å². The fourth-order valence-corrected chi connectivity index (χ4v) is 10.4. The van der Waals surface area contributed by atoms with Gasteiger partial charge in [0.05, 0.1) is 24.5 Å². The zero-order valence-electron chi connectivity index (χ0n) is 26.3. The van der Waals surface area contributed by atoms with Crippen LogP contribution in [0.4, 0.5) is 0 Å². The molecule has 2 saturated heterocycles. The molecule has 9 atom stereocenters. The second-order valence-corrected chi connectivity index (χ2v) is 15.4. The molecule has 2 heterocycles. The van der Waals surface area contributed by atoms with E-state index in [4.69, 9.17) is 18.9 Å². The second-order valence-electron chi connectivity index (χ2n) is 15.4. The van der Waals surface area contributed by atoms with Crippen LogP contribution in [-0.2, 0) is 33.3 Å². The largest absolute Gasteiger partial charge is 0.469 e. The van der Waals surface area contributed by atoms with Crippen molar-refractivity contribution < 1.29 is 33.3 Å². The zero-order chi connectivity index (χ0) is 29.6. The smallest absolute Gasteiger partial charge is 0.311 e. The van der Waals surface area contributed by atoms with Crippen LogP contribution in [0.3, 0.4) is 0 Å². The molecule has 2 unspecified atom stereocenters. The first-order valence-corrected chi connectivity index (χ1v) is 15.3. The highest BCUT2D eigenvalue weighted by Crippen LogP contribution is 2.74. The Morgan fingerprint density at radius 3 is 2.35 bits per heavy atom. The minimum Gasteiger partial charge on any atom is -0.469 e. The maximum Gasteiger partial charge on any atom is 0.311 e. The van der Waals surface area contributed by atoms with Crippen molar-refractivity contribution >= 4 is 17.9 Å². The number of ether oxygens (including phenoxy) is 4. The molecule has 0 radical (unpaired) electrons. The number of fused-ring (bicyclic) bond motifs is 2. The first-order valence-electron chi connectivity index (χ1n) is 15.3. The van der Waals surface area contributed by atoms with Gasteiger partial charge in [0.25, 0.3) is 0 Å². The summed E-state index contributed by atoms with van der Waals surface area (Å²) in [5.41, 5.74) is 1.48. The molecular formula is C33H50O7. The molecule has 7 nitrogen and oxygen atoms in total. The first-order chi connectivity index (χ1) is 18.4. The highest BCUT2D eigenvalue weighted by Gasteiger charge is 2.71. The number of allylic oxidation sites excluding steroid dienone is 1. The standard InChI is InChI=1S/C33H50O7/c1-18(15-23(38-19(2)34)27-30(5,6)40-27)20-11-13-32(8)21(20)16-22-26-31(7,17-25(35)39-22)24(12-14-33(26,32)9)29(3,4)28(36)37-10/h18,22-24,26-27H,11-17H2,1-10H3/t18-,22+,23+,24?,26?,27-,31+,32+,33+/m1/s1. The summed E-state index contributed by atoms with van der Waals surface area (Å²) in [6.45, 7) is 18.9. The van der Waals surface area contributed by atoms with Gasteiger partial charge in [0.15, 0.2) is 0 Å². The molecule has 0 aromatic rings. The highest BCUT2D eigenvalue weighted by atomic mass is 16.6. The molecule has 0 spiro atoms. The third kappa shape index (κ3) is 4.19. The molecule has 5 aliphatic rings. The Morgan fingerprint density at radius 2 is 1.77 bits per heavy atom. The molecule has 0 aromatic heterocycles. The lowest BCUT2D eigenvalue weighted by molar-refractivity contribution is -0.238. The summed E-state index contributed by atoms with van der Waals surface area (Å²) in [7, 11) is 1.46. The monoisotopic (exact) mass is 558 g/mol. The third-order valence-electron chi connectivity index (χ3n) is 12.4. The number of hydrogen-bond acceptors (Lipinski definition) is 7. The average Bonchev–Trinajstić information content (AvgIpc) is 3.33. The summed E-state index contributed by atoms with van der Waals surface area (Å²) in [6.07, 6.45) is 5.18. The molecule has 7 heteroatoms. The van der Waals surface area contributed by atoms with E-state index >= 15 is 0 Å². The van der Waals surface area contributed by atoms with Gasteiger partial charge < -0.3 is 18.9 Å². The van der Waals surface area contributed by atoms with Gasteiger partial charge >= 0.3 is 17.9 Å². The fourth-order valence-electron chi connectivity index (χ4n) is 10.4. The van der Waals surface area contributed by atoms with Crippen molar-refractivity contribution in [2.24, 2.45) is 39.4 Å². The number of carbonyl (C=O) groups excluding carboxylic acids is 3. The summed E-state index contributed by atoms with van der Waals surface area (Å²) >= 11 is 0. The van der Waals surface area contributed by atoms with E-state index in [1.807, 2.05) is 27.7 Å². The number of esters is 3. The van der Waals surface area contributed by atoms with Crippen molar-refractivity contribution in [3.63, 3.8) is 0 Å². The number of hydrogen-bond donors (Lipinski definition) is 0. The van der Waals surface area contributed by atoms with E-state index in [1.54, 1.807) is 0 Å². The summed E-state index contributed by atoms with van der Waals surface area (Å²) in [5, 5.41) is 0. The molecule has 0 amide bonds. The summed E-state index contributed by atoms with van der Waals surface area (Å²) in [6, 6.07) is 0. The van der Waals surface area contributed by atoms with Crippen molar-refractivity contribution in [1.29, 1.82) is 0 Å². The minimum absolute atomic E-state index is 0.0184. The van der Waals surface area contributed by atoms with Gasteiger partial charge in [0, 0.05) is 19.3 Å². The Labute approximate surface area is 240 Å². The SMILES string of the molecule is COC(=O)C(C)(C)C1CC[C@@]2(C)C3[C@H](CC4=C([C@H](C)C[C@H](OC(C)=O)[C@H]5OC5(C)C)CC[C@@]42C)OC(=O)C[C@@]13C. The van der Waals surface area contributed by atoms with Crippen molar-refractivity contribution in [3.05, 3.63) is 11.1 Å². The van der Waals surface area contributed by atoms with Gasteiger partial charge in [0.2, 0.25) is 0 Å². The van der Waals surface area contributed by atoms with Crippen LogP contribution in [0.25, 0.3) is 0 Å². The molecule has 40 heavy (non-hydrogen) atoms. The predicted octanol–water partition coefficient (Wildman–Crippen LogP) is 6.18. The Kier molecular flexibility index (Phi) is 6.89.